The van der Waals surface area contributed by atoms with Crippen molar-refractivity contribution in [1.29, 1.82) is 0 Å². The zero-order valence-corrected chi connectivity index (χ0v) is 14.3. The second kappa shape index (κ2) is 7.34. The summed E-state index contributed by atoms with van der Waals surface area (Å²) in [6.07, 6.45) is 7.52. The molecule has 128 valence electrons. The molecule has 1 N–H and O–H groups in total. The van der Waals surface area contributed by atoms with Crippen LogP contribution < -0.4 is 5.56 Å². The minimum Gasteiger partial charge on any atom is -0.326 e. The largest absolute Gasteiger partial charge is 0.326 e. The van der Waals surface area contributed by atoms with Gasteiger partial charge in [0.15, 0.2) is 0 Å². The minimum atomic E-state index is -0.257. The van der Waals surface area contributed by atoms with Gasteiger partial charge in [0.05, 0.1) is 6.04 Å². The normalized spacial score (nSPS) is 19.6. The third-order valence-electron chi connectivity index (χ3n) is 4.46. The van der Waals surface area contributed by atoms with Crippen molar-refractivity contribution in [3.05, 3.63) is 94.4 Å². The highest BCUT2D eigenvalue weighted by Crippen LogP contribution is 2.32. The lowest BCUT2D eigenvalue weighted by Crippen LogP contribution is -2.44. The molecule has 0 spiro atoms. The molecular formula is C21H22N2O2. The zero-order chi connectivity index (χ0) is 17.8. The predicted octanol–water partition coefficient (Wildman–Crippen LogP) is 3.77. The van der Waals surface area contributed by atoms with E-state index in [1.807, 2.05) is 41.3 Å². The molecule has 0 saturated heterocycles. The van der Waals surface area contributed by atoms with Crippen LogP contribution in [0.2, 0.25) is 0 Å². The molecule has 0 radical (unpaired) electrons. The van der Waals surface area contributed by atoms with Crippen LogP contribution in [0.4, 0.5) is 0 Å². The molecule has 1 aromatic carbocycles. The van der Waals surface area contributed by atoms with E-state index in [1.165, 1.54) is 6.07 Å². The van der Waals surface area contributed by atoms with Crippen LogP contribution >= 0.6 is 0 Å². The van der Waals surface area contributed by atoms with Gasteiger partial charge in [0, 0.05) is 23.4 Å². The van der Waals surface area contributed by atoms with Crippen molar-refractivity contribution in [2.24, 2.45) is 0 Å². The highest BCUT2D eigenvalue weighted by Gasteiger charge is 2.32. The van der Waals surface area contributed by atoms with Gasteiger partial charge in [-0.15, -0.1) is 6.58 Å². The molecule has 25 heavy (non-hydrogen) atoms. The number of nitrogens with one attached hydrogen (secondary N) is 1. The maximum atomic E-state index is 13.3. The molecule has 1 amide bonds. The first kappa shape index (κ1) is 17.0. The average molecular weight is 334 g/mol. The van der Waals surface area contributed by atoms with Crippen LogP contribution in [0.25, 0.3) is 0 Å². The van der Waals surface area contributed by atoms with Gasteiger partial charge in [0.2, 0.25) is 5.56 Å². The van der Waals surface area contributed by atoms with Crippen molar-refractivity contribution >= 4 is 5.91 Å². The molecule has 1 aliphatic rings. The Morgan fingerprint density at radius 3 is 2.76 bits per heavy atom. The third kappa shape index (κ3) is 3.63. The summed E-state index contributed by atoms with van der Waals surface area (Å²) in [6, 6.07) is 12.9. The van der Waals surface area contributed by atoms with Crippen molar-refractivity contribution in [2.75, 3.05) is 0 Å². The third-order valence-corrected chi connectivity index (χ3v) is 4.46. The molecule has 0 aliphatic carbocycles. The molecule has 2 heterocycles. The topological polar surface area (TPSA) is 53.2 Å². The van der Waals surface area contributed by atoms with Gasteiger partial charge in [0.25, 0.3) is 5.91 Å². The number of aromatic nitrogens is 1. The SMILES string of the molecule is C=CC[C@@H]1CC=C[C@@H](c2ccccc2)N1C(=O)c1cc(C)[nH]c(=O)c1. The van der Waals surface area contributed by atoms with E-state index in [1.54, 1.807) is 13.0 Å². The van der Waals surface area contributed by atoms with E-state index < -0.39 is 0 Å². The quantitative estimate of drug-likeness (QED) is 0.865. The number of nitrogens with zero attached hydrogens (tertiary/aromatic N) is 1. The van der Waals surface area contributed by atoms with Gasteiger partial charge in [-0.2, -0.15) is 0 Å². The molecule has 0 unspecified atom stereocenters. The van der Waals surface area contributed by atoms with Gasteiger partial charge in [-0.05, 0) is 31.4 Å². The van der Waals surface area contributed by atoms with Crippen LogP contribution in [-0.4, -0.2) is 21.8 Å². The van der Waals surface area contributed by atoms with Crippen LogP contribution in [0.15, 0.2) is 72.1 Å². The number of hydrogen-bond donors (Lipinski definition) is 1. The first-order valence-electron chi connectivity index (χ1n) is 8.46. The van der Waals surface area contributed by atoms with E-state index in [0.29, 0.717) is 17.7 Å². The zero-order valence-electron chi connectivity index (χ0n) is 14.3. The number of amides is 1. The Kier molecular flexibility index (Phi) is 4.98. The van der Waals surface area contributed by atoms with Crippen LogP contribution in [0.5, 0.6) is 0 Å². The number of carbonyl (C=O) groups is 1. The molecular weight excluding hydrogens is 312 g/mol. The van der Waals surface area contributed by atoms with Crippen molar-refractivity contribution in [3.8, 4) is 0 Å². The highest BCUT2D eigenvalue weighted by atomic mass is 16.2. The number of rotatable bonds is 4. The summed E-state index contributed by atoms with van der Waals surface area (Å²) < 4.78 is 0. The van der Waals surface area contributed by atoms with E-state index in [2.05, 4.69) is 23.7 Å². The van der Waals surface area contributed by atoms with Crippen LogP contribution in [0, 0.1) is 6.92 Å². The summed E-state index contributed by atoms with van der Waals surface area (Å²) in [5.41, 5.74) is 1.90. The predicted molar refractivity (Wildman–Crippen MR) is 99.5 cm³/mol. The number of benzene rings is 1. The van der Waals surface area contributed by atoms with Gasteiger partial charge in [0.1, 0.15) is 0 Å². The number of carbonyl (C=O) groups excluding carboxylic acids is 1. The lowest BCUT2D eigenvalue weighted by Gasteiger charge is -2.39. The lowest BCUT2D eigenvalue weighted by molar-refractivity contribution is 0.0603. The highest BCUT2D eigenvalue weighted by molar-refractivity contribution is 5.95. The fourth-order valence-electron chi connectivity index (χ4n) is 3.37. The van der Waals surface area contributed by atoms with E-state index in [4.69, 9.17) is 0 Å². The summed E-state index contributed by atoms with van der Waals surface area (Å²) in [5, 5.41) is 0. The van der Waals surface area contributed by atoms with E-state index in [9.17, 15) is 9.59 Å². The van der Waals surface area contributed by atoms with Crippen molar-refractivity contribution < 1.29 is 4.79 Å². The van der Waals surface area contributed by atoms with Gasteiger partial charge in [-0.25, -0.2) is 0 Å². The molecule has 1 aromatic heterocycles. The summed E-state index contributed by atoms with van der Waals surface area (Å²) in [5.74, 6) is -0.126. The Labute approximate surface area is 147 Å². The number of pyridine rings is 1. The van der Waals surface area contributed by atoms with Crippen LogP contribution in [-0.2, 0) is 0 Å². The Hall–Kier alpha value is -2.88. The summed E-state index contributed by atoms with van der Waals surface area (Å²) in [4.78, 5) is 29.7. The Morgan fingerprint density at radius 1 is 1.32 bits per heavy atom. The molecule has 4 nitrogen and oxygen atoms in total. The smallest absolute Gasteiger partial charge is 0.255 e. The first-order valence-corrected chi connectivity index (χ1v) is 8.46. The number of aromatic amines is 1. The van der Waals surface area contributed by atoms with Gasteiger partial charge < -0.3 is 9.88 Å². The maximum absolute atomic E-state index is 13.3. The molecule has 0 bridgehead atoms. The van der Waals surface area contributed by atoms with Gasteiger partial charge in [-0.1, -0.05) is 48.6 Å². The molecule has 3 rings (SSSR count). The molecule has 0 fully saturated rings. The molecule has 0 saturated carbocycles. The van der Waals surface area contributed by atoms with E-state index in [-0.39, 0.29) is 23.6 Å². The molecule has 2 atom stereocenters. The maximum Gasteiger partial charge on any atom is 0.255 e. The van der Waals surface area contributed by atoms with Gasteiger partial charge in [-0.3, -0.25) is 9.59 Å². The van der Waals surface area contributed by atoms with Crippen LogP contribution in [0.1, 0.15) is 40.5 Å². The fraction of sp³-hybridized carbons (Fsp3) is 0.238. The second-order valence-electron chi connectivity index (χ2n) is 6.33. The van der Waals surface area contributed by atoms with Crippen molar-refractivity contribution in [3.63, 3.8) is 0 Å². The lowest BCUT2D eigenvalue weighted by atomic mass is 9.94. The van der Waals surface area contributed by atoms with Gasteiger partial charge >= 0.3 is 0 Å². The molecule has 4 heteroatoms. The molecule has 1 aliphatic heterocycles. The standard InChI is InChI=1S/C21H22N2O2/c1-3-8-18-11-7-12-19(16-9-5-4-6-10-16)23(18)21(25)17-13-15(2)22-20(24)14-17/h3-7,9-10,12-14,18-19H,1,8,11H2,2H3,(H,22,24)/t18-,19+/m1/s1. The number of hydrogen-bond acceptors (Lipinski definition) is 2. The van der Waals surface area contributed by atoms with E-state index >= 15 is 0 Å². The number of aryl methyl sites for hydroxylation is 1. The minimum absolute atomic E-state index is 0.0276. The Bertz CT molecular complexity index is 852. The monoisotopic (exact) mass is 334 g/mol. The van der Waals surface area contributed by atoms with Crippen molar-refractivity contribution in [2.45, 2.75) is 31.8 Å². The summed E-state index contributed by atoms with van der Waals surface area (Å²) >= 11 is 0. The number of H-pyrrole nitrogens is 1. The summed E-state index contributed by atoms with van der Waals surface area (Å²) in [6.45, 7) is 5.61. The van der Waals surface area contributed by atoms with Crippen LogP contribution in [0.3, 0.4) is 0 Å². The first-order chi connectivity index (χ1) is 12.1. The van der Waals surface area contributed by atoms with E-state index in [0.717, 1.165) is 12.0 Å². The Morgan fingerprint density at radius 2 is 2.08 bits per heavy atom. The molecule has 2 aromatic rings. The average Bonchev–Trinajstić information content (AvgIpc) is 2.61. The van der Waals surface area contributed by atoms with Crippen molar-refractivity contribution in [1.82, 2.24) is 9.88 Å². The Balaban J connectivity index is 2.05. The fourth-order valence-corrected chi connectivity index (χ4v) is 3.37. The second-order valence-corrected chi connectivity index (χ2v) is 6.33. The summed E-state index contributed by atoms with van der Waals surface area (Å²) in [7, 11) is 0.